The fourth-order valence-corrected chi connectivity index (χ4v) is 4.45. The molecule has 0 radical (unpaired) electrons. The quantitative estimate of drug-likeness (QED) is 0.547. The largest absolute Gasteiger partial charge is 0.352 e. The molecule has 0 aliphatic rings. The van der Waals surface area contributed by atoms with Crippen molar-refractivity contribution in [3.05, 3.63) is 64.7 Å². The van der Waals surface area contributed by atoms with E-state index in [1.165, 1.54) is 36.2 Å². The number of benzene rings is 2. The fourth-order valence-electron chi connectivity index (χ4n) is 3.21. The van der Waals surface area contributed by atoms with Crippen LogP contribution >= 0.6 is 11.6 Å². The minimum absolute atomic E-state index is 0.0370. The van der Waals surface area contributed by atoms with Gasteiger partial charge in [0.05, 0.1) is 11.4 Å². The highest BCUT2D eigenvalue weighted by molar-refractivity contribution is 7.89. The standard InChI is InChI=1S/C24H32ClN3O4S/c1-6-18(3)26-24(30)19(4)28(15-20-9-7-8-17(2)14-20)23(29)16-27(5)33(31,32)22-12-10-21(25)11-13-22/h7-14,18-19H,6,15-16H2,1-5H3,(H,26,30)/t18-,19+/m0/s1. The third kappa shape index (κ3) is 7.28. The maximum absolute atomic E-state index is 13.3. The molecule has 0 heterocycles. The first-order valence-electron chi connectivity index (χ1n) is 10.8. The lowest BCUT2D eigenvalue weighted by Crippen LogP contribution is -2.51. The molecule has 0 bridgehead atoms. The van der Waals surface area contributed by atoms with E-state index < -0.39 is 28.5 Å². The Bertz CT molecular complexity index is 1070. The molecule has 2 amide bonds. The Morgan fingerprint density at radius 1 is 1.09 bits per heavy atom. The zero-order valence-electron chi connectivity index (χ0n) is 19.7. The molecule has 0 fully saturated rings. The maximum Gasteiger partial charge on any atom is 0.243 e. The summed E-state index contributed by atoms with van der Waals surface area (Å²) in [6.45, 7) is 7.23. The number of halogens is 1. The number of nitrogens with zero attached hydrogens (tertiary/aromatic N) is 2. The maximum atomic E-state index is 13.3. The van der Waals surface area contributed by atoms with E-state index in [4.69, 9.17) is 11.6 Å². The molecule has 0 spiro atoms. The average Bonchev–Trinajstić information content (AvgIpc) is 2.77. The summed E-state index contributed by atoms with van der Waals surface area (Å²) in [5, 5.41) is 3.31. The molecule has 0 aliphatic heterocycles. The number of hydrogen-bond donors (Lipinski definition) is 1. The van der Waals surface area contributed by atoms with E-state index in [9.17, 15) is 18.0 Å². The smallest absolute Gasteiger partial charge is 0.243 e. The van der Waals surface area contributed by atoms with Crippen molar-refractivity contribution in [3.8, 4) is 0 Å². The highest BCUT2D eigenvalue weighted by Gasteiger charge is 2.30. The van der Waals surface area contributed by atoms with Gasteiger partial charge in [-0.05, 0) is 57.0 Å². The van der Waals surface area contributed by atoms with E-state index >= 15 is 0 Å². The topological polar surface area (TPSA) is 86.8 Å². The second kappa shape index (κ2) is 11.6. The summed E-state index contributed by atoms with van der Waals surface area (Å²) in [6.07, 6.45) is 0.756. The second-order valence-corrected chi connectivity index (χ2v) is 10.7. The van der Waals surface area contributed by atoms with Crippen molar-refractivity contribution in [1.29, 1.82) is 0 Å². The zero-order valence-corrected chi connectivity index (χ0v) is 21.3. The van der Waals surface area contributed by atoms with Crippen LogP contribution in [0.15, 0.2) is 53.4 Å². The summed E-state index contributed by atoms with van der Waals surface area (Å²) < 4.78 is 26.8. The molecule has 7 nitrogen and oxygen atoms in total. The number of carbonyl (C=O) groups excluding carboxylic acids is 2. The van der Waals surface area contributed by atoms with E-state index in [1.807, 2.05) is 45.0 Å². The number of nitrogens with one attached hydrogen (secondary N) is 1. The van der Waals surface area contributed by atoms with Crippen LogP contribution in [0.2, 0.25) is 5.02 Å². The van der Waals surface area contributed by atoms with Gasteiger partial charge in [-0.25, -0.2) is 8.42 Å². The number of rotatable bonds is 10. The number of likely N-dealkylation sites (N-methyl/N-ethyl adjacent to an activating group) is 1. The molecular weight excluding hydrogens is 462 g/mol. The molecule has 2 aromatic rings. The van der Waals surface area contributed by atoms with Crippen LogP contribution in [0.4, 0.5) is 0 Å². The van der Waals surface area contributed by atoms with Gasteiger partial charge in [-0.3, -0.25) is 9.59 Å². The lowest BCUT2D eigenvalue weighted by atomic mass is 10.1. The minimum Gasteiger partial charge on any atom is -0.352 e. The SMILES string of the molecule is CC[C@H](C)NC(=O)[C@@H](C)N(Cc1cccc(C)c1)C(=O)CN(C)S(=O)(=O)c1ccc(Cl)cc1. The normalized spacial score (nSPS) is 13.4. The van der Waals surface area contributed by atoms with Gasteiger partial charge >= 0.3 is 0 Å². The van der Waals surface area contributed by atoms with Crippen molar-refractivity contribution in [2.24, 2.45) is 0 Å². The predicted molar refractivity (Wildman–Crippen MR) is 130 cm³/mol. The molecule has 0 aliphatic carbocycles. The number of carbonyl (C=O) groups is 2. The van der Waals surface area contributed by atoms with Gasteiger partial charge in [0.25, 0.3) is 0 Å². The summed E-state index contributed by atoms with van der Waals surface area (Å²) in [6, 6.07) is 12.6. The van der Waals surface area contributed by atoms with Crippen LogP contribution in [0.5, 0.6) is 0 Å². The van der Waals surface area contributed by atoms with Crippen LogP contribution in [0.3, 0.4) is 0 Å². The lowest BCUT2D eigenvalue weighted by Gasteiger charge is -2.31. The molecular formula is C24H32ClN3O4S. The lowest BCUT2D eigenvalue weighted by molar-refractivity contribution is -0.140. The van der Waals surface area contributed by atoms with E-state index in [2.05, 4.69) is 5.32 Å². The molecule has 2 atom stereocenters. The molecule has 0 saturated heterocycles. The number of sulfonamides is 1. The van der Waals surface area contributed by atoms with Crippen LogP contribution in [-0.2, 0) is 26.2 Å². The third-order valence-electron chi connectivity index (χ3n) is 5.48. The summed E-state index contributed by atoms with van der Waals surface area (Å²) in [5.74, 6) is -0.753. The predicted octanol–water partition coefficient (Wildman–Crippen LogP) is 3.60. The molecule has 9 heteroatoms. The average molecular weight is 494 g/mol. The fraction of sp³-hybridized carbons (Fsp3) is 0.417. The second-order valence-electron chi connectivity index (χ2n) is 8.22. The molecule has 0 saturated carbocycles. The highest BCUT2D eigenvalue weighted by Crippen LogP contribution is 2.18. The first-order valence-corrected chi connectivity index (χ1v) is 12.6. The number of aryl methyl sites for hydroxylation is 1. The van der Waals surface area contributed by atoms with Crippen molar-refractivity contribution in [2.45, 2.75) is 57.6 Å². The Labute approximate surface area is 201 Å². The van der Waals surface area contributed by atoms with E-state index in [0.717, 1.165) is 21.9 Å². The van der Waals surface area contributed by atoms with Crippen molar-refractivity contribution >= 4 is 33.4 Å². The Morgan fingerprint density at radius 3 is 2.30 bits per heavy atom. The minimum atomic E-state index is -3.91. The Morgan fingerprint density at radius 2 is 1.73 bits per heavy atom. The number of amides is 2. The van der Waals surface area contributed by atoms with Gasteiger partial charge in [-0.1, -0.05) is 48.4 Å². The Balaban J connectivity index is 2.27. The highest BCUT2D eigenvalue weighted by atomic mass is 35.5. The van der Waals surface area contributed by atoms with E-state index in [0.29, 0.717) is 5.02 Å². The monoisotopic (exact) mass is 493 g/mol. The van der Waals surface area contributed by atoms with Gasteiger partial charge in [-0.15, -0.1) is 0 Å². The molecule has 1 N–H and O–H groups in total. The van der Waals surface area contributed by atoms with Crippen LogP contribution in [0.1, 0.15) is 38.3 Å². The van der Waals surface area contributed by atoms with Gasteiger partial charge in [0, 0.05) is 24.7 Å². The summed E-state index contributed by atoms with van der Waals surface area (Å²) in [5.41, 5.74) is 1.88. The molecule has 2 rings (SSSR count). The van der Waals surface area contributed by atoms with Crippen molar-refractivity contribution < 1.29 is 18.0 Å². The molecule has 0 aromatic heterocycles. The van der Waals surface area contributed by atoms with Gasteiger partial charge in [0.15, 0.2) is 0 Å². The number of hydrogen-bond acceptors (Lipinski definition) is 4. The van der Waals surface area contributed by atoms with Crippen LogP contribution < -0.4 is 5.32 Å². The van der Waals surface area contributed by atoms with Gasteiger partial charge in [-0.2, -0.15) is 4.31 Å². The zero-order chi connectivity index (χ0) is 24.8. The molecule has 2 aromatic carbocycles. The summed E-state index contributed by atoms with van der Waals surface area (Å²) in [7, 11) is -2.56. The van der Waals surface area contributed by atoms with Gasteiger partial charge < -0.3 is 10.2 Å². The van der Waals surface area contributed by atoms with Crippen molar-refractivity contribution in [3.63, 3.8) is 0 Å². The van der Waals surface area contributed by atoms with Crippen molar-refractivity contribution in [2.75, 3.05) is 13.6 Å². The summed E-state index contributed by atoms with van der Waals surface area (Å²) in [4.78, 5) is 27.6. The molecule has 33 heavy (non-hydrogen) atoms. The first-order chi connectivity index (χ1) is 15.4. The third-order valence-corrected chi connectivity index (χ3v) is 7.55. The van der Waals surface area contributed by atoms with Gasteiger partial charge in [0.1, 0.15) is 6.04 Å². The Kier molecular flexibility index (Phi) is 9.46. The van der Waals surface area contributed by atoms with Crippen LogP contribution in [0.25, 0.3) is 0 Å². The first kappa shape index (κ1) is 26.8. The molecule has 0 unspecified atom stereocenters. The van der Waals surface area contributed by atoms with Crippen LogP contribution in [-0.4, -0.2) is 55.1 Å². The van der Waals surface area contributed by atoms with Crippen molar-refractivity contribution in [1.82, 2.24) is 14.5 Å². The van der Waals surface area contributed by atoms with Gasteiger partial charge in [0.2, 0.25) is 21.8 Å². The van der Waals surface area contributed by atoms with E-state index in [1.54, 1.807) is 6.92 Å². The van der Waals surface area contributed by atoms with Crippen LogP contribution in [0, 0.1) is 6.92 Å². The van der Waals surface area contributed by atoms with E-state index in [-0.39, 0.29) is 23.4 Å². The summed E-state index contributed by atoms with van der Waals surface area (Å²) >= 11 is 5.86. The Hall–Kier alpha value is -2.42. The molecule has 180 valence electrons.